The van der Waals surface area contributed by atoms with Crippen molar-refractivity contribution in [1.82, 2.24) is 0 Å². The maximum atomic E-state index is 2.46. The molecule has 1 aromatic heterocycles. The van der Waals surface area contributed by atoms with Crippen molar-refractivity contribution in [1.29, 1.82) is 0 Å². The summed E-state index contributed by atoms with van der Waals surface area (Å²) in [6.45, 7) is 0. The lowest BCUT2D eigenvalue weighted by Gasteiger charge is -2.18. The summed E-state index contributed by atoms with van der Waals surface area (Å²) in [5.74, 6) is 0. The fourth-order valence-corrected chi connectivity index (χ4v) is 9.48. The van der Waals surface area contributed by atoms with E-state index in [0.29, 0.717) is 0 Å². The third-order valence-corrected chi connectivity index (χ3v) is 11.7. The van der Waals surface area contributed by atoms with E-state index in [4.69, 9.17) is 0 Å². The van der Waals surface area contributed by atoms with Crippen LogP contribution in [0.1, 0.15) is 0 Å². The predicted octanol–water partition coefficient (Wildman–Crippen LogP) is 14.3. The molecule has 0 aliphatic rings. The second kappa shape index (κ2) is 10.2. The van der Waals surface area contributed by atoms with Crippen LogP contribution in [0.15, 0.2) is 169 Å². The third kappa shape index (κ3) is 3.91. The molecule has 0 atom stereocenters. The van der Waals surface area contributed by atoms with Crippen LogP contribution in [0.2, 0.25) is 0 Å². The molecule has 0 saturated carbocycles. The predicted molar refractivity (Wildman–Crippen MR) is 215 cm³/mol. The molecular weight excluding hydrogens is 609 g/mol. The topological polar surface area (TPSA) is 0 Å². The van der Waals surface area contributed by atoms with Gasteiger partial charge < -0.3 is 0 Å². The lowest BCUT2D eigenvalue weighted by Crippen LogP contribution is -1.91. The lowest BCUT2D eigenvalue weighted by atomic mass is 9.85. The van der Waals surface area contributed by atoms with Gasteiger partial charge in [0.15, 0.2) is 0 Å². The molecule has 1 heterocycles. The van der Waals surface area contributed by atoms with Gasteiger partial charge in [-0.05, 0) is 110 Å². The van der Waals surface area contributed by atoms with Gasteiger partial charge in [0, 0.05) is 21.0 Å². The average Bonchev–Trinajstić information content (AvgIpc) is 3.60. The van der Waals surface area contributed by atoms with Gasteiger partial charge in [-0.3, -0.25) is 0 Å². The molecule has 0 N–H and O–H groups in total. The zero-order valence-corrected chi connectivity index (χ0v) is 27.4. The monoisotopic (exact) mass is 636 g/mol. The molecule has 0 spiro atoms. The summed E-state index contributed by atoms with van der Waals surface area (Å²) >= 11 is 1.87. The van der Waals surface area contributed by atoms with Crippen molar-refractivity contribution in [3.05, 3.63) is 169 Å². The van der Waals surface area contributed by atoms with Crippen LogP contribution in [0.4, 0.5) is 0 Å². The molecule has 0 saturated heterocycles. The fraction of sp³-hybridized carbons (Fsp3) is 0. The molecule has 1 heteroatoms. The minimum atomic E-state index is 1.26. The smallest absolute Gasteiger partial charge is 0.0427 e. The van der Waals surface area contributed by atoms with Gasteiger partial charge in [0.05, 0.1) is 0 Å². The van der Waals surface area contributed by atoms with Gasteiger partial charge in [0.1, 0.15) is 0 Å². The van der Waals surface area contributed by atoms with E-state index in [2.05, 4.69) is 169 Å². The van der Waals surface area contributed by atoms with Gasteiger partial charge in [-0.25, -0.2) is 0 Å². The lowest BCUT2D eigenvalue weighted by molar-refractivity contribution is 1.70. The van der Waals surface area contributed by atoms with Gasteiger partial charge in [-0.1, -0.05) is 146 Å². The first-order valence-corrected chi connectivity index (χ1v) is 17.8. The van der Waals surface area contributed by atoms with Crippen LogP contribution in [-0.4, -0.2) is 0 Å². The molecular formula is C48H28S. The highest BCUT2D eigenvalue weighted by molar-refractivity contribution is 7.18. The Morgan fingerprint density at radius 3 is 1.57 bits per heavy atom. The van der Waals surface area contributed by atoms with E-state index in [1.807, 2.05) is 11.3 Å². The molecule has 226 valence electrons. The van der Waals surface area contributed by atoms with Crippen molar-refractivity contribution in [2.75, 3.05) is 0 Å². The minimum Gasteiger partial charge on any atom is -0.142 e. The summed E-state index contributed by atoms with van der Waals surface area (Å²) < 4.78 is 1.34. The number of thiophene rings is 1. The molecule has 11 aromatic rings. The third-order valence-electron chi connectivity index (χ3n) is 10.7. The van der Waals surface area contributed by atoms with Crippen molar-refractivity contribution in [3.8, 4) is 22.3 Å². The van der Waals surface area contributed by atoms with E-state index in [1.165, 1.54) is 108 Å². The Labute approximate surface area is 287 Å². The Kier molecular flexibility index (Phi) is 5.64. The molecule has 0 nitrogen and oxygen atoms in total. The zero-order chi connectivity index (χ0) is 32.1. The van der Waals surface area contributed by atoms with E-state index in [1.54, 1.807) is 0 Å². The van der Waals surface area contributed by atoms with Crippen LogP contribution < -0.4 is 0 Å². The normalized spacial score (nSPS) is 12.1. The van der Waals surface area contributed by atoms with Crippen LogP contribution in [0.3, 0.4) is 0 Å². The minimum absolute atomic E-state index is 1.26. The molecule has 0 radical (unpaired) electrons. The van der Waals surface area contributed by atoms with Crippen molar-refractivity contribution < 1.29 is 0 Å². The highest BCUT2D eigenvalue weighted by Gasteiger charge is 2.20. The molecule has 11 rings (SSSR count). The van der Waals surface area contributed by atoms with Crippen LogP contribution in [-0.2, 0) is 0 Å². The van der Waals surface area contributed by atoms with E-state index in [9.17, 15) is 0 Å². The molecule has 0 amide bonds. The highest BCUT2D eigenvalue weighted by atomic mass is 32.1. The van der Waals surface area contributed by atoms with Gasteiger partial charge in [-0.2, -0.15) is 0 Å². The Morgan fingerprint density at radius 1 is 0.265 bits per heavy atom. The summed E-state index contributed by atoms with van der Waals surface area (Å²) in [4.78, 5) is 0. The SMILES string of the molecule is c1ccc2cc3c(-c4csc5c4ccc4c6ccccc6ccc45)c(-c4cc5c6ccccc6ccc5c5ccccc45)ccc3cc2c1. The van der Waals surface area contributed by atoms with Crippen molar-refractivity contribution in [3.63, 3.8) is 0 Å². The summed E-state index contributed by atoms with van der Waals surface area (Å²) in [7, 11) is 0. The molecule has 0 aliphatic carbocycles. The van der Waals surface area contributed by atoms with Crippen molar-refractivity contribution in [2.24, 2.45) is 0 Å². The van der Waals surface area contributed by atoms with Crippen LogP contribution in [0.25, 0.3) is 108 Å². The molecule has 49 heavy (non-hydrogen) atoms. The highest BCUT2D eigenvalue weighted by Crippen LogP contribution is 2.48. The van der Waals surface area contributed by atoms with Crippen molar-refractivity contribution in [2.45, 2.75) is 0 Å². The maximum absolute atomic E-state index is 2.46. The van der Waals surface area contributed by atoms with Gasteiger partial charge >= 0.3 is 0 Å². The van der Waals surface area contributed by atoms with Crippen LogP contribution in [0, 0.1) is 0 Å². The summed E-state index contributed by atoms with van der Waals surface area (Å²) in [5.41, 5.74) is 5.15. The maximum Gasteiger partial charge on any atom is 0.0427 e. The number of hydrogen-bond acceptors (Lipinski definition) is 1. The molecule has 0 unspecified atom stereocenters. The fourth-order valence-electron chi connectivity index (χ4n) is 8.39. The number of rotatable bonds is 2. The van der Waals surface area contributed by atoms with Gasteiger partial charge in [-0.15, -0.1) is 11.3 Å². The van der Waals surface area contributed by atoms with E-state index < -0.39 is 0 Å². The van der Waals surface area contributed by atoms with E-state index in [-0.39, 0.29) is 0 Å². The largest absolute Gasteiger partial charge is 0.142 e. The second-order valence-corrected chi connectivity index (χ2v) is 14.1. The average molecular weight is 637 g/mol. The zero-order valence-electron chi connectivity index (χ0n) is 26.6. The van der Waals surface area contributed by atoms with E-state index in [0.717, 1.165) is 0 Å². The second-order valence-electron chi connectivity index (χ2n) is 13.2. The van der Waals surface area contributed by atoms with E-state index >= 15 is 0 Å². The summed E-state index contributed by atoms with van der Waals surface area (Å²) in [6.07, 6.45) is 0. The van der Waals surface area contributed by atoms with Crippen LogP contribution in [0.5, 0.6) is 0 Å². The number of fused-ring (bicyclic) bond motifs is 12. The Balaban J connectivity index is 1.29. The first kappa shape index (κ1) is 27.0. The first-order chi connectivity index (χ1) is 24.3. The standard InChI is InChI=1S/C48H28S/c1-2-12-32-26-43-33(25-31(32)11-1)19-21-40(45-27-44-35-14-6-4-10-30(35)17-20-39(44)36-15-7-8-16-37(36)45)47(43)46-28-49-48-41-22-18-29-9-3-5-13-34(29)38(41)23-24-42(46)48/h1-28H. The summed E-state index contributed by atoms with van der Waals surface area (Å²) in [5, 5.41) is 21.8. The Morgan fingerprint density at radius 2 is 0.796 bits per heavy atom. The Hall–Kier alpha value is -6.02. The summed E-state index contributed by atoms with van der Waals surface area (Å²) in [6, 6.07) is 61.0. The van der Waals surface area contributed by atoms with Crippen LogP contribution >= 0.6 is 11.3 Å². The van der Waals surface area contributed by atoms with Gasteiger partial charge in [0.25, 0.3) is 0 Å². The van der Waals surface area contributed by atoms with Crippen molar-refractivity contribution >= 4 is 96.8 Å². The molecule has 0 bridgehead atoms. The number of hydrogen-bond donors (Lipinski definition) is 0. The Bertz CT molecular complexity index is 3160. The molecule has 0 fully saturated rings. The number of benzene rings is 10. The quantitative estimate of drug-likeness (QED) is 0.131. The van der Waals surface area contributed by atoms with Gasteiger partial charge in [0.2, 0.25) is 0 Å². The molecule has 10 aromatic carbocycles. The first-order valence-electron chi connectivity index (χ1n) is 16.9. The molecule has 0 aliphatic heterocycles.